The van der Waals surface area contributed by atoms with E-state index in [0.717, 1.165) is 38.8 Å². The molecule has 2 fully saturated rings. The molecule has 5 heterocycles. The third-order valence-corrected chi connectivity index (χ3v) is 9.78. The first-order chi connectivity index (χ1) is 21.4. The summed E-state index contributed by atoms with van der Waals surface area (Å²) in [6, 6.07) is 5.35. The number of ether oxygens (including phenoxy) is 2. The van der Waals surface area contributed by atoms with Crippen molar-refractivity contribution < 1.29 is 23.4 Å². The van der Waals surface area contributed by atoms with Crippen LogP contribution in [0.2, 0.25) is 0 Å². The lowest BCUT2D eigenvalue weighted by atomic mass is 9.95. The normalized spacial score (nSPS) is 20.2. The Balaban J connectivity index is 1.28. The van der Waals surface area contributed by atoms with Gasteiger partial charge in [0.05, 0.1) is 23.7 Å². The molecule has 0 aliphatic carbocycles. The lowest BCUT2D eigenvalue weighted by Gasteiger charge is -2.32. The van der Waals surface area contributed by atoms with Gasteiger partial charge in [-0.15, -0.1) is 6.42 Å². The maximum Gasteiger partial charge on any atom is 0.319 e. The third kappa shape index (κ3) is 5.08. The summed E-state index contributed by atoms with van der Waals surface area (Å²) in [5, 5.41) is 11.4. The van der Waals surface area contributed by atoms with Crippen LogP contribution in [0.15, 0.2) is 29.3 Å². The molecule has 3 aliphatic rings. The number of hydrogen-bond acceptors (Lipinski definition) is 10. The number of hydrogen-bond donors (Lipinski definition) is 1. The maximum absolute atomic E-state index is 14.7. The van der Waals surface area contributed by atoms with Gasteiger partial charge in [-0.2, -0.15) is 15.0 Å². The fourth-order valence-electron chi connectivity index (χ4n) is 6.74. The Hall–Kier alpha value is -4.08. The van der Waals surface area contributed by atoms with Crippen LogP contribution < -0.4 is 14.4 Å². The summed E-state index contributed by atoms with van der Waals surface area (Å²) in [7, 11) is 0. The quantitative estimate of drug-likeness (QED) is 0.245. The number of phenols is 1. The zero-order chi connectivity index (χ0) is 30.4. The van der Waals surface area contributed by atoms with Crippen LogP contribution >= 0.6 is 11.3 Å². The third-order valence-electron chi connectivity index (χ3n) is 8.95. The van der Waals surface area contributed by atoms with Crippen LogP contribution in [0.5, 0.6) is 22.7 Å². The summed E-state index contributed by atoms with van der Waals surface area (Å²) in [5.74, 6) is 2.41. The average molecular weight is 619 g/mol. The predicted octanol–water partition coefficient (Wildman–Crippen LogP) is 5.87. The minimum Gasteiger partial charge on any atom is -0.508 e. The van der Waals surface area contributed by atoms with Gasteiger partial charge in [0.15, 0.2) is 10.6 Å². The van der Waals surface area contributed by atoms with E-state index in [2.05, 4.69) is 15.8 Å². The molecular formula is C32H32F2N6O3S. The van der Waals surface area contributed by atoms with E-state index in [0.29, 0.717) is 53.1 Å². The molecule has 2 aromatic heterocycles. The monoisotopic (exact) mass is 618 g/mol. The largest absolute Gasteiger partial charge is 0.508 e. The molecule has 9 nitrogen and oxygen atoms in total. The predicted molar refractivity (Wildman–Crippen MR) is 167 cm³/mol. The maximum atomic E-state index is 14.7. The Kier molecular flexibility index (Phi) is 7.46. The number of terminal acetylenes is 1. The van der Waals surface area contributed by atoms with E-state index in [4.69, 9.17) is 30.8 Å². The van der Waals surface area contributed by atoms with Gasteiger partial charge in [-0.1, -0.05) is 30.2 Å². The van der Waals surface area contributed by atoms with Crippen molar-refractivity contribution in [3.05, 3.63) is 35.6 Å². The Morgan fingerprint density at radius 1 is 1.20 bits per heavy atom. The second kappa shape index (κ2) is 11.4. The molecule has 44 heavy (non-hydrogen) atoms. The molecule has 0 bridgehead atoms. The Morgan fingerprint density at radius 2 is 2.02 bits per heavy atom. The first-order valence-corrected chi connectivity index (χ1v) is 15.8. The van der Waals surface area contributed by atoms with E-state index < -0.39 is 18.0 Å². The minimum absolute atomic E-state index is 0.00623. The van der Waals surface area contributed by atoms with Gasteiger partial charge < -0.3 is 19.5 Å². The topological polar surface area (TPSA) is 96.2 Å². The molecule has 0 amide bonds. The molecule has 2 aromatic carbocycles. The van der Waals surface area contributed by atoms with Crippen LogP contribution in [0.4, 0.5) is 14.6 Å². The zero-order valence-corrected chi connectivity index (χ0v) is 25.1. The number of fused-ring (bicyclic) bond motifs is 3. The second-order valence-electron chi connectivity index (χ2n) is 11.6. The molecule has 0 saturated carbocycles. The fourth-order valence-corrected chi connectivity index (χ4v) is 7.53. The molecular weight excluding hydrogens is 586 g/mol. The van der Waals surface area contributed by atoms with Crippen molar-refractivity contribution in [2.24, 2.45) is 4.99 Å². The van der Waals surface area contributed by atoms with Crippen LogP contribution in [0, 0.1) is 18.2 Å². The number of aromatic nitrogens is 3. The van der Waals surface area contributed by atoms with Gasteiger partial charge in [-0.05, 0) is 62.7 Å². The van der Waals surface area contributed by atoms with Crippen molar-refractivity contribution in [2.45, 2.75) is 56.8 Å². The molecule has 228 valence electrons. The van der Waals surface area contributed by atoms with E-state index in [9.17, 15) is 13.9 Å². The summed E-state index contributed by atoms with van der Waals surface area (Å²) in [5.41, 5.74) is 0.497. The van der Waals surface area contributed by atoms with Crippen molar-refractivity contribution in [3.63, 3.8) is 0 Å². The highest BCUT2D eigenvalue weighted by molar-refractivity contribution is 7.19. The van der Waals surface area contributed by atoms with Gasteiger partial charge in [0, 0.05) is 24.2 Å². The molecule has 12 heteroatoms. The molecule has 4 aromatic rings. The fraction of sp³-hybridized carbons (Fsp3) is 0.438. The van der Waals surface area contributed by atoms with Crippen LogP contribution in [0.3, 0.4) is 0 Å². The number of benzene rings is 2. The number of rotatable bonds is 8. The van der Waals surface area contributed by atoms with Crippen molar-refractivity contribution >= 4 is 44.5 Å². The summed E-state index contributed by atoms with van der Waals surface area (Å²) in [6.45, 7) is 5.19. The highest BCUT2D eigenvalue weighted by atomic mass is 32.1. The molecule has 1 N–H and O–H groups in total. The van der Waals surface area contributed by atoms with Crippen LogP contribution in [-0.4, -0.2) is 81.7 Å². The van der Waals surface area contributed by atoms with E-state index in [1.165, 1.54) is 35.6 Å². The van der Waals surface area contributed by atoms with Crippen LogP contribution in [0.1, 0.15) is 44.6 Å². The van der Waals surface area contributed by atoms with Gasteiger partial charge in [0.2, 0.25) is 0 Å². The highest BCUT2D eigenvalue weighted by Crippen LogP contribution is 2.42. The SMILES string of the molecule is C#Cc1c(F)ccc2cc(O)cc(Oc3nc4c(N5CC=NC(C(F)CC)C5)nc(OCC56CCCN5CCC6)nc4s3)c12. The van der Waals surface area contributed by atoms with Gasteiger partial charge >= 0.3 is 6.01 Å². The summed E-state index contributed by atoms with van der Waals surface area (Å²) in [6.07, 6.45) is 11.1. The summed E-state index contributed by atoms with van der Waals surface area (Å²) >= 11 is 1.17. The van der Waals surface area contributed by atoms with E-state index in [1.807, 2.05) is 4.90 Å². The molecule has 0 spiro atoms. The molecule has 2 unspecified atom stereocenters. The van der Waals surface area contributed by atoms with Gasteiger partial charge in [0.25, 0.3) is 5.19 Å². The van der Waals surface area contributed by atoms with Crippen LogP contribution in [0.25, 0.3) is 21.1 Å². The highest BCUT2D eigenvalue weighted by Gasteiger charge is 2.45. The number of phenolic OH excluding ortho intramolecular Hbond substituents is 1. The van der Waals surface area contributed by atoms with E-state index in [-0.39, 0.29) is 33.8 Å². The lowest BCUT2D eigenvalue weighted by Crippen LogP contribution is -2.43. The Morgan fingerprint density at radius 3 is 2.80 bits per heavy atom. The van der Waals surface area contributed by atoms with Gasteiger partial charge in [-0.25, -0.2) is 8.78 Å². The molecule has 7 rings (SSSR count). The van der Waals surface area contributed by atoms with Crippen molar-refractivity contribution in [1.29, 1.82) is 0 Å². The van der Waals surface area contributed by atoms with Crippen molar-refractivity contribution in [1.82, 2.24) is 19.9 Å². The first kappa shape index (κ1) is 28.7. The minimum atomic E-state index is -1.09. The lowest BCUT2D eigenvalue weighted by molar-refractivity contribution is 0.108. The second-order valence-corrected chi connectivity index (χ2v) is 12.5. The summed E-state index contributed by atoms with van der Waals surface area (Å²) < 4.78 is 41.8. The molecule has 2 atom stereocenters. The van der Waals surface area contributed by atoms with E-state index >= 15 is 0 Å². The number of alkyl halides is 1. The van der Waals surface area contributed by atoms with Crippen molar-refractivity contribution in [2.75, 3.05) is 37.7 Å². The number of nitrogens with zero attached hydrogens (tertiary/aromatic N) is 6. The molecule has 2 saturated heterocycles. The van der Waals surface area contributed by atoms with Crippen molar-refractivity contribution in [3.8, 4) is 35.0 Å². The van der Waals surface area contributed by atoms with Crippen LogP contribution in [-0.2, 0) is 0 Å². The Bertz CT molecular complexity index is 1800. The Labute approximate surface area is 257 Å². The number of halogens is 2. The smallest absolute Gasteiger partial charge is 0.319 e. The van der Waals surface area contributed by atoms with E-state index in [1.54, 1.807) is 13.1 Å². The van der Waals surface area contributed by atoms with Gasteiger partial charge in [-0.3, -0.25) is 9.89 Å². The summed E-state index contributed by atoms with van der Waals surface area (Å²) in [4.78, 5) is 23.6. The molecule has 3 aliphatic heterocycles. The standard InChI is InChI=1S/C32H32F2N6O3S/c1-3-21-23(34)8-7-19-15-20(41)16-25(26(19)21)43-31-36-27-28(39-14-11-35-24(17-39)22(33)4-2)37-30(38-29(27)44-31)42-18-32-9-5-12-40(32)13-6-10-32/h1,7-8,11,15-16,22,24,41H,4-6,9-10,12-14,17-18H2,2H3. The number of aliphatic imine (C=N–C) groups is 1. The number of thiazole rings is 1. The first-order valence-electron chi connectivity index (χ1n) is 14.9. The number of anilines is 1. The average Bonchev–Trinajstić information content (AvgIpc) is 3.73. The molecule has 0 radical (unpaired) electrons. The zero-order valence-electron chi connectivity index (χ0n) is 24.3. The van der Waals surface area contributed by atoms with Gasteiger partial charge in [0.1, 0.15) is 35.6 Å². The number of aromatic hydroxyl groups is 1.